The second kappa shape index (κ2) is 7.02. The zero-order valence-electron chi connectivity index (χ0n) is 12.7. The Morgan fingerprint density at radius 3 is 2.90 bits per heavy atom. The number of nitrogens with one attached hydrogen (secondary N) is 1. The Morgan fingerprint density at radius 2 is 2.10 bits per heavy atom. The number of rotatable bonds is 6. The highest BCUT2D eigenvalue weighted by molar-refractivity contribution is 6.17. The molecule has 1 aliphatic heterocycles. The molecule has 1 saturated heterocycles. The van der Waals surface area contributed by atoms with E-state index in [1.807, 2.05) is 0 Å². The summed E-state index contributed by atoms with van der Waals surface area (Å²) < 4.78 is 6.35. The molecule has 0 amide bonds. The van der Waals surface area contributed by atoms with Gasteiger partial charge in [0.15, 0.2) is 0 Å². The number of ether oxygens (including phenoxy) is 1. The van der Waals surface area contributed by atoms with E-state index in [-0.39, 0.29) is 5.60 Å². The van der Waals surface area contributed by atoms with Gasteiger partial charge in [0.1, 0.15) is 0 Å². The maximum Gasteiger partial charge on any atom is 0.0756 e. The van der Waals surface area contributed by atoms with Crippen molar-refractivity contribution in [2.75, 3.05) is 17.7 Å². The second-order valence-corrected chi connectivity index (χ2v) is 6.92. The molecule has 0 bridgehead atoms. The summed E-state index contributed by atoms with van der Waals surface area (Å²) in [4.78, 5) is 0. The molecule has 21 heavy (non-hydrogen) atoms. The Labute approximate surface area is 133 Å². The van der Waals surface area contributed by atoms with E-state index in [1.165, 1.54) is 49.8 Å². The number of hydrogen-bond acceptors (Lipinski definition) is 2. The van der Waals surface area contributed by atoms with Gasteiger partial charge in [0.25, 0.3) is 0 Å². The molecule has 2 aliphatic rings. The predicted molar refractivity (Wildman–Crippen MR) is 89.3 cm³/mol. The number of alkyl halides is 1. The summed E-state index contributed by atoms with van der Waals surface area (Å²) in [7, 11) is 0. The third-order valence-corrected chi connectivity index (χ3v) is 5.18. The van der Waals surface area contributed by atoms with E-state index in [9.17, 15) is 0 Å². The van der Waals surface area contributed by atoms with Gasteiger partial charge in [-0.1, -0.05) is 25.0 Å². The van der Waals surface area contributed by atoms with Crippen molar-refractivity contribution in [3.63, 3.8) is 0 Å². The third kappa shape index (κ3) is 3.92. The minimum Gasteiger partial charge on any atom is -0.382 e. The number of halogens is 1. The molecule has 2 nitrogen and oxygen atoms in total. The lowest BCUT2D eigenvalue weighted by atomic mass is 9.98. The van der Waals surface area contributed by atoms with Gasteiger partial charge in [0, 0.05) is 18.1 Å². The van der Waals surface area contributed by atoms with Gasteiger partial charge in [0.05, 0.1) is 11.7 Å². The standard InChI is InChI=1S/C18H26ClNO/c19-12-4-6-15-5-3-7-16(13-15)20-14-17-8-11-18(21-17)9-1-2-10-18/h3,5,7,13,17,20H,1-2,4,6,8-12,14H2. The maximum atomic E-state index is 6.35. The molecule has 3 rings (SSSR count). The zero-order valence-corrected chi connectivity index (χ0v) is 13.5. The lowest BCUT2D eigenvalue weighted by molar-refractivity contribution is -0.0307. The molecule has 1 heterocycles. The minimum absolute atomic E-state index is 0.245. The molecule has 1 spiro atoms. The summed E-state index contributed by atoms with van der Waals surface area (Å²) in [5.41, 5.74) is 2.81. The van der Waals surface area contributed by atoms with Gasteiger partial charge in [0.2, 0.25) is 0 Å². The van der Waals surface area contributed by atoms with Crippen molar-refractivity contribution in [1.29, 1.82) is 0 Å². The van der Waals surface area contributed by atoms with Crippen molar-refractivity contribution < 1.29 is 4.74 Å². The lowest BCUT2D eigenvalue weighted by Gasteiger charge is -2.24. The van der Waals surface area contributed by atoms with Crippen LogP contribution in [-0.2, 0) is 11.2 Å². The first-order valence-electron chi connectivity index (χ1n) is 8.36. The number of anilines is 1. The lowest BCUT2D eigenvalue weighted by Crippen LogP contribution is -2.27. The Bertz CT molecular complexity index is 456. The van der Waals surface area contributed by atoms with E-state index >= 15 is 0 Å². The van der Waals surface area contributed by atoms with Crippen LogP contribution in [0.15, 0.2) is 24.3 Å². The summed E-state index contributed by atoms with van der Waals surface area (Å²) in [6.07, 6.45) is 10.2. The van der Waals surface area contributed by atoms with Crippen molar-refractivity contribution in [2.45, 2.75) is 63.1 Å². The Morgan fingerprint density at radius 1 is 1.24 bits per heavy atom. The molecule has 0 radical (unpaired) electrons. The van der Waals surface area contributed by atoms with E-state index in [2.05, 4.69) is 29.6 Å². The van der Waals surface area contributed by atoms with Crippen LogP contribution < -0.4 is 5.32 Å². The summed E-state index contributed by atoms with van der Waals surface area (Å²) in [6.45, 7) is 0.931. The van der Waals surface area contributed by atoms with Crippen molar-refractivity contribution in [3.05, 3.63) is 29.8 Å². The van der Waals surface area contributed by atoms with Crippen LogP contribution in [0, 0.1) is 0 Å². The number of aryl methyl sites for hydroxylation is 1. The van der Waals surface area contributed by atoms with Crippen LogP contribution in [0.5, 0.6) is 0 Å². The molecule has 116 valence electrons. The van der Waals surface area contributed by atoms with Crippen LogP contribution in [0.2, 0.25) is 0 Å². The third-order valence-electron chi connectivity index (χ3n) is 4.91. The van der Waals surface area contributed by atoms with Gasteiger partial charge in [-0.2, -0.15) is 0 Å². The van der Waals surface area contributed by atoms with E-state index in [1.54, 1.807) is 0 Å². The van der Waals surface area contributed by atoms with E-state index in [4.69, 9.17) is 16.3 Å². The molecule has 1 unspecified atom stereocenters. The van der Waals surface area contributed by atoms with Gasteiger partial charge in [-0.05, 0) is 56.2 Å². The molecule has 1 aromatic carbocycles. The monoisotopic (exact) mass is 307 g/mol. The molecular formula is C18H26ClNO. The zero-order chi connectivity index (χ0) is 14.5. The largest absolute Gasteiger partial charge is 0.382 e. The second-order valence-electron chi connectivity index (χ2n) is 6.54. The summed E-state index contributed by atoms with van der Waals surface area (Å²) in [6, 6.07) is 8.69. The van der Waals surface area contributed by atoms with Crippen LogP contribution in [0.3, 0.4) is 0 Å². The van der Waals surface area contributed by atoms with Gasteiger partial charge < -0.3 is 10.1 Å². The van der Waals surface area contributed by atoms with Gasteiger partial charge in [-0.3, -0.25) is 0 Å². The van der Waals surface area contributed by atoms with Crippen LogP contribution in [0.1, 0.15) is 50.5 Å². The van der Waals surface area contributed by atoms with Crippen LogP contribution in [0.25, 0.3) is 0 Å². The first-order valence-corrected chi connectivity index (χ1v) is 8.90. The fourth-order valence-corrected chi connectivity index (χ4v) is 3.90. The van der Waals surface area contributed by atoms with Crippen molar-refractivity contribution in [3.8, 4) is 0 Å². The van der Waals surface area contributed by atoms with Crippen molar-refractivity contribution >= 4 is 17.3 Å². The first kappa shape index (κ1) is 15.2. The minimum atomic E-state index is 0.245. The highest BCUT2D eigenvalue weighted by atomic mass is 35.5. The average molecular weight is 308 g/mol. The smallest absolute Gasteiger partial charge is 0.0756 e. The van der Waals surface area contributed by atoms with E-state index in [0.717, 1.165) is 25.3 Å². The predicted octanol–water partition coefficient (Wildman–Crippen LogP) is 4.76. The SMILES string of the molecule is ClCCCc1cccc(NCC2CCC3(CCCC3)O2)c1. The summed E-state index contributed by atoms with van der Waals surface area (Å²) in [5.74, 6) is 0.732. The van der Waals surface area contributed by atoms with Gasteiger partial charge in [-0.25, -0.2) is 0 Å². The molecule has 1 saturated carbocycles. The molecule has 1 aliphatic carbocycles. The fourth-order valence-electron chi connectivity index (χ4n) is 3.77. The van der Waals surface area contributed by atoms with E-state index < -0.39 is 0 Å². The highest BCUT2D eigenvalue weighted by Crippen LogP contribution is 2.43. The van der Waals surface area contributed by atoms with Crippen molar-refractivity contribution in [2.24, 2.45) is 0 Å². The maximum absolute atomic E-state index is 6.35. The first-order chi connectivity index (χ1) is 10.3. The van der Waals surface area contributed by atoms with Crippen LogP contribution >= 0.6 is 11.6 Å². The molecule has 1 aromatic rings. The normalized spacial score (nSPS) is 23.8. The van der Waals surface area contributed by atoms with Gasteiger partial charge >= 0.3 is 0 Å². The van der Waals surface area contributed by atoms with Crippen molar-refractivity contribution in [1.82, 2.24) is 0 Å². The highest BCUT2D eigenvalue weighted by Gasteiger charge is 2.41. The number of hydrogen-bond donors (Lipinski definition) is 1. The fraction of sp³-hybridized carbons (Fsp3) is 0.667. The average Bonchev–Trinajstić information content (AvgIpc) is 3.14. The Balaban J connectivity index is 1.49. The Kier molecular flexibility index (Phi) is 5.07. The molecule has 0 aromatic heterocycles. The summed E-state index contributed by atoms with van der Waals surface area (Å²) >= 11 is 5.77. The molecule has 1 atom stereocenters. The quantitative estimate of drug-likeness (QED) is 0.765. The molecule has 1 N–H and O–H groups in total. The molecule has 2 fully saturated rings. The van der Waals surface area contributed by atoms with Gasteiger partial charge in [-0.15, -0.1) is 11.6 Å². The topological polar surface area (TPSA) is 21.3 Å². The molecule has 3 heteroatoms. The van der Waals surface area contributed by atoms with Crippen LogP contribution in [-0.4, -0.2) is 24.1 Å². The van der Waals surface area contributed by atoms with E-state index in [0.29, 0.717) is 6.10 Å². The summed E-state index contributed by atoms with van der Waals surface area (Å²) in [5, 5.41) is 3.55. The van der Waals surface area contributed by atoms with Crippen LogP contribution in [0.4, 0.5) is 5.69 Å². The molecular weight excluding hydrogens is 282 g/mol. The number of benzene rings is 1. The Hall–Kier alpha value is -0.730.